The lowest BCUT2D eigenvalue weighted by Gasteiger charge is -2.35. The fourth-order valence-electron chi connectivity index (χ4n) is 3.33. The molecule has 1 aliphatic rings. The highest BCUT2D eigenvalue weighted by Crippen LogP contribution is 2.20. The number of sulfonamides is 1. The van der Waals surface area contributed by atoms with Crippen molar-refractivity contribution >= 4 is 33.0 Å². The number of amides is 1. The number of hydrogen-bond donors (Lipinski definition) is 2. The number of thiophene rings is 1. The molecule has 0 radical (unpaired) electrons. The molecule has 0 spiro atoms. The van der Waals surface area contributed by atoms with Gasteiger partial charge in [0.25, 0.3) is 0 Å². The highest BCUT2D eigenvalue weighted by Gasteiger charge is 2.29. The molecule has 2 N–H and O–H groups in total. The van der Waals surface area contributed by atoms with Crippen LogP contribution in [0.2, 0.25) is 0 Å². The highest BCUT2D eigenvalue weighted by molar-refractivity contribution is 7.91. The molecule has 8 heteroatoms. The summed E-state index contributed by atoms with van der Waals surface area (Å²) in [7, 11) is -3.45. The van der Waals surface area contributed by atoms with Crippen molar-refractivity contribution in [2.45, 2.75) is 49.4 Å². The molecule has 1 saturated heterocycles. The number of nitrogens with one attached hydrogen (secondary N) is 2. The third-order valence-corrected chi connectivity index (χ3v) is 8.09. The monoisotopic (exact) mass is 421 g/mol. The molecule has 1 aromatic heterocycles. The summed E-state index contributed by atoms with van der Waals surface area (Å²) >= 11 is 1.22. The lowest BCUT2D eigenvalue weighted by Crippen LogP contribution is -2.50. The first-order chi connectivity index (χ1) is 13.4. The maximum absolute atomic E-state index is 12.6. The third-order valence-electron chi connectivity index (χ3n) is 5.17. The van der Waals surface area contributed by atoms with E-state index in [1.165, 1.54) is 16.9 Å². The molecule has 1 atom stereocenters. The van der Waals surface area contributed by atoms with Gasteiger partial charge in [0, 0.05) is 24.8 Å². The van der Waals surface area contributed by atoms with Crippen LogP contribution < -0.4 is 10.0 Å². The minimum atomic E-state index is -3.45. The molecule has 2 heterocycles. The summed E-state index contributed by atoms with van der Waals surface area (Å²) in [6.45, 7) is 5.35. The van der Waals surface area contributed by atoms with E-state index in [2.05, 4.69) is 21.9 Å². The number of nitrogens with zero attached hydrogens (tertiary/aromatic N) is 1. The molecule has 3 rings (SSSR count). The Kier molecular flexibility index (Phi) is 6.87. The average molecular weight is 422 g/mol. The van der Waals surface area contributed by atoms with Crippen molar-refractivity contribution in [2.75, 3.05) is 18.4 Å². The van der Waals surface area contributed by atoms with Crippen LogP contribution in [0.3, 0.4) is 0 Å². The molecule has 2 aromatic rings. The summed E-state index contributed by atoms with van der Waals surface area (Å²) in [5, 5.41) is 4.72. The van der Waals surface area contributed by atoms with E-state index >= 15 is 0 Å². The van der Waals surface area contributed by atoms with Gasteiger partial charge in [0.1, 0.15) is 4.21 Å². The summed E-state index contributed by atoms with van der Waals surface area (Å²) in [6, 6.07) is 10.9. The predicted molar refractivity (Wildman–Crippen MR) is 113 cm³/mol. The van der Waals surface area contributed by atoms with Crippen molar-refractivity contribution < 1.29 is 13.2 Å². The summed E-state index contributed by atoms with van der Waals surface area (Å²) in [5.74, 6) is -0.0399. The first kappa shape index (κ1) is 21.0. The van der Waals surface area contributed by atoms with Crippen molar-refractivity contribution in [2.24, 2.45) is 0 Å². The van der Waals surface area contributed by atoms with E-state index in [1.807, 2.05) is 31.2 Å². The van der Waals surface area contributed by atoms with Gasteiger partial charge in [0.2, 0.25) is 15.9 Å². The van der Waals surface area contributed by atoms with E-state index < -0.39 is 10.0 Å². The Morgan fingerprint density at radius 2 is 1.89 bits per heavy atom. The van der Waals surface area contributed by atoms with Gasteiger partial charge in [-0.1, -0.05) is 25.1 Å². The maximum Gasteiger partial charge on any atom is 0.250 e. The number of rotatable bonds is 7. The summed E-state index contributed by atoms with van der Waals surface area (Å²) in [6.07, 6.45) is 2.34. The van der Waals surface area contributed by atoms with E-state index in [1.54, 1.807) is 17.5 Å². The lowest BCUT2D eigenvalue weighted by atomic mass is 10.0. The Hall–Kier alpha value is -1.74. The smallest absolute Gasteiger partial charge is 0.250 e. The summed E-state index contributed by atoms with van der Waals surface area (Å²) < 4.78 is 27.8. The van der Waals surface area contributed by atoms with Gasteiger partial charge in [-0.25, -0.2) is 13.1 Å². The second-order valence-electron chi connectivity index (χ2n) is 7.08. The molecule has 1 fully saturated rings. The zero-order valence-corrected chi connectivity index (χ0v) is 17.9. The van der Waals surface area contributed by atoms with Gasteiger partial charge in [-0.15, -0.1) is 11.3 Å². The molecule has 1 amide bonds. The van der Waals surface area contributed by atoms with Crippen LogP contribution in [0.4, 0.5) is 5.69 Å². The Labute approximate surface area is 171 Å². The van der Waals surface area contributed by atoms with Crippen LogP contribution in [-0.4, -0.2) is 44.4 Å². The quantitative estimate of drug-likeness (QED) is 0.720. The molecule has 0 saturated carbocycles. The van der Waals surface area contributed by atoms with Crippen molar-refractivity contribution in [3.63, 3.8) is 0 Å². The van der Waals surface area contributed by atoms with Crippen molar-refractivity contribution in [1.82, 2.24) is 9.62 Å². The Balaban J connectivity index is 1.50. The zero-order valence-electron chi connectivity index (χ0n) is 16.2. The summed E-state index contributed by atoms with van der Waals surface area (Å²) in [5.41, 5.74) is 2.03. The molecule has 6 nitrogen and oxygen atoms in total. The predicted octanol–water partition coefficient (Wildman–Crippen LogP) is 3.08. The van der Waals surface area contributed by atoms with Crippen molar-refractivity contribution in [3.8, 4) is 0 Å². The maximum atomic E-state index is 12.6. The van der Waals surface area contributed by atoms with E-state index in [0.717, 1.165) is 12.1 Å². The number of carbonyl (C=O) groups is 1. The third kappa shape index (κ3) is 5.20. The minimum Gasteiger partial charge on any atom is -0.325 e. The van der Waals surface area contributed by atoms with Gasteiger partial charge < -0.3 is 5.32 Å². The van der Waals surface area contributed by atoms with Crippen molar-refractivity contribution in [3.05, 3.63) is 47.3 Å². The van der Waals surface area contributed by atoms with E-state index in [9.17, 15) is 13.2 Å². The first-order valence-electron chi connectivity index (χ1n) is 9.58. The van der Waals surface area contributed by atoms with Crippen LogP contribution in [0, 0.1) is 0 Å². The van der Waals surface area contributed by atoms with Gasteiger partial charge in [-0.3, -0.25) is 9.69 Å². The van der Waals surface area contributed by atoms with Crippen LogP contribution >= 0.6 is 11.3 Å². The number of likely N-dealkylation sites (tertiary alicyclic amines) is 1. The fourth-order valence-corrected chi connectivity index (χ4v) is 5.65. The highest BCUT2D eigenvalue weighted by atomic mass is 32.2. The second kappa shape index (κ2) is 9.17. The normalized spacial score (nSPS) is 17.4. The Morgan fingerprint density at radius 3 is 2.46 bits per heavy atom. The van der Waals surface area contributed by atoms with Crippen LogP contribution in [0.15, 0.2) is 46.0 Å². The number of carbonyl (C=O) groups excluding carboxylic acids is 1. The molecular weight excluding hydrogens is 394 g/mol. The van der Waals surface area contributed by atoms with Gasteiger partial charge >= 0.3 is 0 Å². The van der Waals surface area contributed by atoms with Gasteiger partial charge in [-0.05, 0) is 55.3 Å². The van der Waals surface area contributed by atoms with E-state index in [4.69, 9.17) is 0 Å². The molecule has 28 heavy (non-hydrogen) atoms. The van der Waals surface area contributed by atoms with E-state index in [0.29, 0.717) is 30.1 Å². The van der Waals surface area contributed by atoms with Gasteiger partial charge in [-0.2, -0.15) is 0 Å². The van der Waals surface area contributed by atoms with Crippen LogP contribution in [0.5, 0.6) is 0 Å². The Bertz CT molecular complexity index is 872. The molecule has 1 aromatic carbocycles. The standard InChI is InChI=1S/C20H27N3O3S2/c1-3-16-6-8-17(9-7-16)21-20(24)15(2)23-12-10-18(11-13-23)22-28(25,26)19-5-4-14-27-19/h4-9,14-15,18,22H,3,10-13H2,1-2H3,(H,21,24). The molecule has 0 bridgehead atoms. The van der Waals surface area contributed by atoms with Crippen LogP contribution in [0.25, 0.3) is 0 Å². The lowest BCUT2D eigenvalue weighted by molar-refractivity contribution is -0.121. The molecule has 152 valence electrons. The number of piperidine rings is 1. The molecule has 1 unspecified atom stereocenters. The van der Waals surface area contributed by atoms with Gasteiger partial charge in [0.15, 0.2) is 0 Å². The average Bonchev–Trinajstić information content (AvgIpc) is 3.24. The number of benzene rings is 1. The number of anilines is 1. The van der Waals surface area contributed by atoms with Gasteiger partial charge in [0.05, 0.1) is 6.04 Å². The van der Waals surface area contributed by atoms with Crippen molar-refractivity contribution in [1.29, 1.82) is 0 Å². The largest absolute Gasteiger partial charge is 0.325 e. The van der Waals surface area contributed by atoms with E-state index in [-0.39, 0.29) is 18.0 Å². The fraction of sp³-hybridized carbons (Fsp3) is 0.450. The first-order valence-corrected chi connectivity index (χ1v) is 11.9. The Morgan fingerprint density at radius 1 is 1.21 bits per heavy atom. The number of hydrogen-bond acceptors (Lipinski definition) is 5. The zero-order chi connectivity index (χ0) is 20.1. The molecule has 0 aliphatic carbocycles. The van der Waals surface area contributed by atoms with Crippen LogP contribution in [-0.2, 0) is 21.2 Å². The molecule has 1 aliphatic heterocycles. The summed E-state index contributed by atoms with van der Waals surface area (Å²) in [4.78, 5) is 14.7. The van der Waals surface area contributed by atoms with Crippen LogP contribution in [0.1, 0.15) is 32.3 Å². The number of aryl methyl sites for hydroxylation is 1. The topological polar surface area (TPSA) is 78.5 Å². The molecular formula is C20H27N3O3S2. The second-order valence-corrected chi connectivity index (χ2v) is 9.97. The SMILES string of the molecule is CCc1ccc(NC(=O)C(C)N2CCC(NS(=O)(=O)c3cccs3)CC2)cc1. The minimum absolute atomic E-state index is 0.0399.